The summed E-state index contributed by atoms with van der Waals surface area (Å²) >= 11 is 0. The smallest absolute Gasteiger partial charge is 0.328 e. The van der Waals surface area contributed by atoms with Crippen LogP contribution in [-0.2, 0) is 22.6 Å². The van der Waals surface area contributed by atoms with Crippen LogP contribution in [-0.4, -0.2) is 27.5 Å². The molecule has 0 saturated carbocycles. The van der Waals surface area contributed by atoms with Crippen LogP contribution in [0.15, 0.2) is 33.2 Å². The second-order valence-electron chi connectivity index (χ2n) is 3.81. The summed E-state index contributed by atoms with van der Waals surface area (Å²) in [4.78, 5) is 28.1. The Balaban J connectivity index is 2.56. The Morgan fingerprint density at radius 1 is 1.42 bits per heavy atom. The van der Waals surface area contributed by atoms with E-state index in [0.29, 0.717) is 5.69 Å². The molecule has 2 aromatic rings. The molecule has 2 heterocycles. The molecule has 102 valence electrons. The van der Waals surface area contributed by atoms with Crippen LogP contribution >= 0.6 is 10.7 Å². The van der Waals surface area contributed by atoms with Gasteiger partial charge in [0.2, 0.25) is 0 Å². The third-order valence-corrected chi connectivity index (χ3v) is 3.80. The number of rotatable bonds is 3. The average Bonchev–Trinajstić information content (AvgIpc) is 2.66. The van der Waals surface area contributed by atoms with Gasteiger partial charge in [-0.3, -0.25) is 14.3 Å². The number of nitrogens with one attached hydrogen (secondary N) is 1. The zero-order valence-electron chi connectivity index (χ0n) is 9.70. The molecule has 10 heteroatoms. The van der Waals surface area contributed by atoms with Gasteiger partial charge < -0.3 is 4.57 Å². The lowest BCUT2D eigenvalue weighted by atomic mass is 10.4. The first kappa shape index (κ1) is 13.6. The van der Waals surface area contributed by atoms with Crippen molar-refractivity contribution in [2.24, 2.45) is 7.05 Å². The Labute approximate surface area is 111 Å². The first-order chi connectivity index (χ1) is 8.79. The summed E-state index contributed by atoms with van der Waals surface area (Å²) in [5.41, 5.74) is -1.11. The molecule has 2 rings (SSSR count). The molecule has 1 N–H and O–H groups in total. The summed E-state index contributed by atoms with van der Waals surface area (Å²) in [5.74, 6) is 0. The van der Waals surface area contributed by atoms with Crippen molar-refractivity contribution in [3.8, 4) is 0 Å². The van der Waals surface area contributed by atoms with Gasteiger partial charge in [-0.05, 0) is 0 Å². The number of aromatic nitrogens is 4. The fourth-order valence-electron chi connectivity index (χ4n) is 1.49. The van der Waals surface area contributed by atoms with Crippen LogP contribution < -0.4 is 11.2 Å². The Kier molecular flexibility index (Phi) is 3.33. The normalized spacial score (nSPS) is 11.7. The van der Waals surface area contributed by atoms with Crippen LogP contribution in [0.2, 0.25) is 0 Å². The predicted molar refractivity (Wildman–Crippen MR) is 66.7 cm³/mol. The van der Waals surface area contributed by atoms with Gasteiger partial charge in [0.05, 0.1) is 18.6 Å². The fraction of sp³-hybridized carbons (Fsp3) is 0.222. The van der Waals surface area contributed by atoms with E-state index in [-0.39, 0.29) is 6.54 Å². The molecule has 0 unspecified atom stereocenters. The molecule has 0 fully saturated rings. The van der Waals surface area contributed by atoms with E-state index in [1.54, 1.807) is 11.6 Å². The molecule has 0 aliphatic carbocycles. The van der Waals surface area contributed by atoms with Crippen molar-refractivity contribution in [3.63, 3.8) is 0 Å². The molecule has 2 aromatic heterocycles. The van der Waals surface area contributed by atoms with Gasteiger partial charge >= 0.3 is 5.69 Å². The van der Waals surface area contributed by atoms with Crippen molar-refractivity contribution >= 4 is 19.7 Å². The number of nitrogens with zero attached hydrogens (tertiary/aromatic N) is 3. The second kappa shape index (κ2) is 4.67. The first-order valence-corrected chi connectivity index (χ1v) is 7.33. The van der Waals surface area contributed by atoms with Gasteiger partial charge in [0.1, 0.15) is 0 Å². The summed E-state index contributed by atoms with van der Waals surface area (Å²) < 4.78 is 25.1. The maximum absolute atomic E-state index is 11.6. The highest BCUT2D eigenvalue weighted by Gasteiger charge is 2.17. The minimum atomic E-state index is -4.22. The number of H-pyrrole nitrogens is 1. The van der Waals surface area contributed by atoms with Gasteiger partial charge in [-0.2, -0.15) is 0 Å². The molecule has 0 aliphatic rings. The summed E-state index contributed by atoms with van der Waals surface area (Å²) in [6, 6.07) is 0. The number of imidazole rings is 1. The lowest BCUT2D eigenvalue weighted by Crippen LogP contribution is -2.32. The Morgan fingerprint density at radius 3 is 2.63 bits per heavy atom. The maximum Gasteiger partial charge on any atom is 0.328 e. The van der Waals surface area contributed by atoms with E-state index in [9.17, 15) is 18.0 Å². The molecular formula is C9H9ClN4O4S. The van der Waals surface area contributed by atoms with Crippen molar-refractivity contribution in [1.82, 2.24) is 19.1 Å². The molecular weight excluding hydrogens is 296 g/mol. The molecule has 0 spiro atoms. The van der Waals surface area contributed by atoms with E-state index in [1.165, 1.54) is 12.5 Å². The molecule has 0 aliphatic heterocycles. The van der Waals surface area contributed by atoms with Gasteiger partial charge in [0, 0.05) is 30.1 Å². The average molecular weight is 305 g/mol. The summed E-state index contributed by atoms with van der Waals surface area (Å²) in [6.45, 7) is 0.0610. The highest BCUT2D eigenvalue weighted by Crippen LogP contribution is 2.08. The third-order valence-electron chi connectivity index (χ3n) is 2.49. The minimum Gasteiger partial charge on any atom is -0.336 e. The van der Waals surface area contributed by atoms with E-state index in [0.717, 1.165) is 10.8 Å². The van der Waals surface area contributed by atoms with Crippen molar-refractivity contribution in [3.05, 3.63) is 45.3 Å². The molecule has 0 aromatic carbocycles. The largest absolute Gasteiger partial charge is 0.336 e. The highest BCUT2D eigenvalue weighted by molar-refractivity contribution is 8.13. The number of halogens is 1. The zero-order valence-corrected chi connectivity index (χ0v) is 11.3. The van der Waals surface area contributed by atoms with Crippen molar-refractivity contribution < 1.29 is 8.42 Å². The highest BCUT2D eigenvalue weighted by atomic mass is 35.7. The van der Waals surface area contributed by atoms with E-state index < -0.39 is 25.2 Å². The van der Waals surface area contributed by atoms with Gasteiger partial charge in [-0.15, -0.1) is 0 Å². The van der Waals surface area contributed by atoms with Crippen LogP contribution in [0.4, 0.5) is 0 Å². The van der Waals surface area contributed by atoms with Gasteiger partial charge in [0.15, 0.2) is 4.90 Å². The number of aromatic amines is 1. The molecule has 0 amide bonds. The van der Waals surface area contributed by atoms with Crippen LogP contribution in [0.5, 0.6) is 0 Å². The Morgan fingerprint density at radius 2 is 2.11 bits per heavy atom. The van der Waals surface area contributed by atoms with Crippen molar-refractivity contribution in [2.75, 3.05) is 0 Å². The third kappa shape index (κ3) is 2.76. The zero-order chi connectivity index (χ0) is 14.2. The molecule has 8 nitrogen and oxygen atoms in total. The molecule has 0 radical (unpaired) electrons. The molecule has 0 saturated heterocycles. The Bertz CT molecular complexity index is 832. The monoisotopic (exact) mass is 304 g/mol. The van der Waals surface area contributed by atoms with Crippen LogP contribution in [0.1, 0.15) is 5.69 Å². The molecule has 0 bridgehead atoms. The summed E-state index contributed by atoms with van der Waals surface area (Å²) in [7, 11) is 2.63. The van der Waals surface area contributed by atoms with E-state index in [2.05, 4.69) is 4.98 Å². The van der Waals surface area contributed by atoms with Crippen LogP contribution in [0.3, 0.4) is 0 Å². The Hall–Kier alpha value is -1.87. The number of hydrogen-bond donors (Lipinski definition) is 1. The quantitative estimate of drug-likeness (QED) is 0.751. The van der Waals surface area contributed by atoms with Gasteiger partial charge in [0.25, 0.3) is 14.6 Å². The van der Waals surface area contributed by atoms with E-state index >= 15 is 0 Å². The van der Waals surface area contributed by atoms with E-state index in [1.807, 2.05) is 4.98 Å². The van der Waals surface area contributed by atoms with Crippen LogP contribution in [0.25, 0.3) is 0 Å². The van der Waals surface area contributed by atoms with E-state index in [4.69, 9.17) is 10.7 Å². The minimum absolute atomic E-state index is 0.0610. The van der Waals surface area contributed by atoms with Crippen LogP contribution in [0, 0.1) is 0 Å². The SMILES string of the molecule is Cn1cncc1Cn1cc(S(=O)(=O)Cl)c(=O)[nH]c1=O. The summed E-state index contributed by atoms with van der Waals surface area (Å²) in [6.07, 6.45) is 3.97. The molecule has 0 atom stereocenters. The standard InChI is InChI=1S/C9H9ClN4O4S/c1-13-5-11-2-6(13)3-14-4-7(19(10,17)18)8(15)12-9(14)16/h2,4-5H,3H2,1H3,(H,12,15,16). The summed E-state index contributed by atoms with van der Waals surface area (Å²) in [5, 5.41) is 0. The number of hydrogen-bond acceptors (Lipinski definition) is 5. The maximum atomic E-state index is 11.6. The first-order valence-electron chi connectivity index (χ1n) is 5.02. The fourth-order valence-corrected chi connectivity index (χ4v) is 2.35. The van der Waals surface area contributed by atoms with Crippen molar-refractivity contribution in [1.29, 1.82) is 0 Å². The van der Waals surface area contributed by atoms with Crippen molar-refractivity contribution in [2.45, 2.75) is 11.4 Å². The van der Waals surface area contributed by atoms with Gasteiger partial charge in [-0.1, -0.05) is 0 Å². The lowest BCUT2D eigenvalue weighted by molar-refractivity contribution is 0.601. The molecule has 19 heavy (non-hydrogen) atoms. The second-order valence-corrected chi connectivity index (χ2v) is 6.35. The topological polar surface area (TPSA) is 107 Å². The predicted octanol–water partition coefficient (Wildman–Crippen LogP) is -0.754. The number of aryl methyl sites for hydroxylation is 1. The lowest BCUT2D eigenvalue weighted by Gasteiger charge is -2.06. The van der Waals surface area contributed by atoms with Gasteiger partial charge in [-0.25, -0.2) is 18.2 Å².